The predicted octanol–water partition coefficient (Wildman–Crippen LogP) is 0.986. The lowest BCUT2D eigenvalue weighted by Crippen LogP contribution is -2.64. The van der Waals surface area contributed by atoms with Gasteiger partial charge in [0.15, 0.2) is 0 Å². The fourth-order valence-corrected chi connectivity index (χ4v) is 5.24. The molecule has 7 nitrogen and oxygen atoms in total. The molecular formula is C19H24O7. The van der Waals surface area contributed by atoms with Crippen molar-refractivity contribution in [1.29, 1.82) is 0 Å². The minimum Gasteiger partial charge on any atom is -0.453 e. The van der Waals surface area contributed by atoms with E-state index in [4.69, 9.17) is 14.2 Å². The van der Waals surface area contributed by atoms with Gasteiger partial charge in [0.05, 0.1) is 23.9 Å². The molecule has 0 bridgehead atoms. The van der Waals surface area contributed by atoms with E-state index in [1.807, 2.05) is 6.92 Å². The number of esters is 2. The monoisotopic (exact) mass is 364 g/mol. The van der Waals surface area contributed by atoms with E-state index in [1.54, 1.807) is 6.92 Å². The maximum Gasteiger partial charge on any atom is 0.336 e. The third-order valence-corrected chi connectivity index (χ3v) is 7.02. The largest absolute Gasteiger partial charge is 0.453 e. The summed E-state index contributed by atoms with van der Waals surface area (Å²) in [6.45, 7) is 8.61. The molecule has 1 spiro atoms. The summed E-state index contributed by atoms with van der Waals surface area (Å²) >= 11 is 0. The molecule has 2 aliphatic heterocycles. The number of carbonyl (C=O) groups is 2. The van der Waals surface area contributed by atoms with Crippen molar-refractivity contribution in [2.24, 2.45) is 11.3 Å². The summed E-state index contributed by atoms with van der Waals surface area (Å²) in [5, 5.41) is 20.3. The molecule has 7 heteroatoms. The molecule has 0 aromatic carbocycles. The van der Waals surface area contributed by atoms with E-state index in [0.717, 1.165) is 12.8 Å². The molecule has 2 N–H and O–H groups in total. The number of hydrogen-bond donors (Lipinski definition) is 2. The maximum atomic E-state index is 12.4. The van der Waals surface area contributed by atoms with Gasteiger partial charge in [-0.1, -0.05) is 20.4 Å². The van der Waals surface area contributed by atoms with Crippen LogP contribution in [-0.2, 0) is 23.8 Å². The van der Waals surface area contributed by atoms with Crippen LogP contribution in [0.3, 0.4) is 0 Å². The van der Waals surface area contributed by atoms with Gasteiger partial charge in [0.2, 0.25) is 5.79 Å². The van der Waals surface area contributed by atoms with Crippen molar-refractivity contribution in [3.63, 3.8) is 0 Å². The number of epoxide rings is 1. The molecular weight excluding hydrogens is 340 g/mol. The number of hydrogen-bond acceptors (Lipinski definition) is 7. The van der Waals surface area contributed by atoms with Crippen molar-refractivity contribution in [1.82, 2.24) is 0 Å². The normalized spacial score (nSPS) is 46.0. The van der Waals surface area contributed by atoms with E-state index < -0.39 is 41.5 Å². The van der Waals surface area contributed by atoms with Gasteiger partial charge < -0.3 is 24.4 Å². The summed E-state index contributed by atoms with van der Waals surface area (Å²) in [5.41, 5.74) is -0.877. The second-order valence-corrected chi connectivity index (χ2v) is 8.19. The minimum absolute atomic E-state index is 0.0591. The molecule has 1 saturated heterocycles. The number of aliphatic hydroxyl groups is 2. The third-order valence-electron chi connectivity index (χ3n) is 7.02. The lowest BCUT2D eigenvalue weighted by molar-refractivity contribution is -0.225. The Balaban J connectivity index is 1.85. The van der Waals surface area contributed by atoms with E-state index in [9.17, 15) is 19.8 Å². The van der Waals surface area contributed by atoms with Gasteiger partial charge in [-0.2, -0.15) is 0 Å². The second kappa shape index (κ2) is 5.18. The highest BCUT2D eigenvalue weighted by Gasteiger charge is 2.80. The van der Waals surface area contributed by atoms with E-state index in [-0.39, 0.29) is 35.2 Å². The Hall–Kier alpha value is -1.70. The fraction of sp³-hybridized carbons (Fsp3) is 0.684. The Morgan fingerprint density at radius 2 is 2.12 bits per heavy atom. The summed E-state index contributed by atoms with van der Waals surface area (Å²) in [5.74, 6) is -3.08. The van der Waals surface area contributed by atoms with E-state index in [2.05, 4.69) is 13.5 Å². The number of carbonyl (C=O) groups excluding carboxylic acids is 2. The van der Waals surface area contributed by atoms with Crippen molar-refractivity contribution in [2.75, 3.05) is 6.61 Å². The van der Waals surface area contributed by atoms with Crippen LogP contribution in [0.1, 0.15) is 40.0 Å². The molecule has 4 aliphatic rings. The molecule has 0 amide bonds. The van der Waals surface area contributed by atoms with Crippen molar-refractivity contribution in [3.8, 4) is 0 Å². The Morgan fingerprint density at radius 1 is 1.42 bits per heavy atom. The Bertz CT molecular complexity index is 755. The first kappa shape index (κ1) is 17.7. The van der Waals surface area contributed by atoms with Crippen LogP contribution < -0.4 is 0 Å². The predicted molar refractivity (Wildman–Crippen MR) is 88.6 cm³/mol. The summed E-state index contributed by atoms with van der Waals surface area (Å²) in [7, 11) is 0. The highest BCUT2D eigenvalue weighted by molar-refractivity contribution is 5.93. The van der Waals surface area contributed by atoms with Crippen LogP contribution >= 0.6 is 0 Å². The van der Waals surface area contributed by atoms with E-state index in [1.165, 1.54) is 0 Å². The highest BCUT2D eigenvalue weighted by Crippen LogP contribution is 2.70. The summed E-state index contributed by atoms with van der Waals surface area (Å²) in [6.07, 6.45) is 0.916. The fourth-order valence-electron chi connectivity index (χ4n) is 5.24. The Kier molecular flexibility index (Phi) is 3.53. The van der Waals surface area contributed by atoms with Crippen LogP contribution in [0.2, 0.25) is 0 Å². The molecule has 4 rings (SSSR count). The lowest BCUT2D eigenvalue weighted by atomic mass is 9.51. The smallest absolute Gasteiger partial charge is 0.336 e. The van der Waals surface area contributed by atoms with Crippen molar-refractivity contribution < 1.29 is 34.0 Å². The van der Waals surface area contributed by atoms with Crippen LogP contribution in [0.5, 0.6) is 0 Å². The van der Waals surface area contributed by atoms with Crippen LogP contribution in [-0.4, -0.2) is 52.4 Å². The van der Waals surface area contributed by atoms with Crippen molar-refractivity contribution in [2.45, 2.75) is 63.6 Å². The van der Waals surface area contributed by atoms with Gasteiger partial charge in [0.25, 0.3) is 0 Å². The van der Waals surface area contributed by atoms with Crippen LogP contribution in [0.25, 0.3) is 0 Å². The molecule has 6 atom stereocenters. The zero-order valence-electron chi connectivity index (χ0n) is 15.2. The molecule has 2 aliphatic carbocycles. The topological polar surface area (TPSA) is 106 Å². The van der Waals surface area contributed by atoms with Crippen molar-refractivity contribution in [3.05, 3.63) is 23.3 Å². The van der Waals surface area contributed by atoms with E-state index in [0.29, 0.717) is 0 Å². The van der Waals surface area contributed by atoms with E-state index >= 15 is 0 Å². The van der Waals surface area contributed by atoms with Gasteiger partial charge >= 0.3 is 11.9 Å². The molecule has 2 heterocycles. The second-order valence-electron chi connectivity index (χ2n) is 8.19. The average molecular weight is 364 g/mol. The van der Waals surface area contributed by atoms with Crippen LogP contribution in [0, 0.1) is 11.3 Å². The SMILES string of the molecule is C=C(CO)C(=O)OC1C2=C(C)C(=O)OC2(O)CC23OC2CCC(C)C13C. The number of rotatable bonds is 3. The zero-order valence-corrected chi connectivity index (χ0v) is 15.2. The first-order valence-corrected chi connectivity index (χ1v) is 8.95. The van der Waals surface area contributed by atoms with Crippen LogP contribution in [0.15, 0.2) is 23.3 Å². The van der Waals surface area contributed by atoms with Crippen LogP contribution in [0.4, 0.5) is 0 Å². The molecule has 0 aromatic rings. The molecule has 3 fully saturated rings. The Labute approximate surface area is 151 Å². The number of aliphatic hydroxyl groups excluding tert-OH is 1. The van der Waals surface area contributed by atoms with Gasteiger partial charge in [0.1, 0.15) is 11.7 Å². The van der Waals surface area contributed by atoms with Gasteiger partial charge in [-0.3, -0.25) is 0 Å². The van der Waals surface area contributed by atoms with Gasteiger partial charge in [0, 0.05) is 17.4 Å². The first-order valence-electron chi connectivity index (χ1n) is 8.95. The Morgan fingerprint density at radius 3 is 2.77 bits per heavy atom. The molecule has 142 valence electrons. The standard InChI is InChI=1S/C19H24O7/c1-9(7-20)15(21)24-14-13-11(3)16(22)26-19(13,23)8-18-12(25-18)6-5-10(2)17(14,18)4/h10,12,14,20,23H,1,5-8H2,2-4H3. The third kappa shape index (κ3) is 1.94. The van der Waals surface area contributed by atoms with Gasteiger partial charge in [-0.25, -0.2) is 9.59 Å². The summed E-state index contributed by atoms with van der Waals surface area (Å²) in [4.78, 5) is 24.6. The number of fused-ring (bicyclic) bond motifs is 1. The first-order chi connectivity index (χ1) is 12.1. The van der Waals surface area contributed by atoms with Gasteiger partial charge in [-0.05, 0) is 25.7 Å². The summed E-state index contributed by atoms with van der Waals surface area (Å²) in [6, 6.07) is 0. The van der Waals surface area contributed by atoms with Crippen molar-refractivity contribution >= 4 is 11.9 Å². The van der Waals surface area contributed by atoms with Gasteiger partial charge in [-0.15, -0.1) is 0 Å². The number of ether oxygens (including phenoxy) is 3. The minimum atomic E-state index is -1.84. The molecule has 0 radical (unpaired) electrons. The molecule has 0 aromatic heterocycles. The average Bonchev–Trinajstić information content (AvgIpc) is 3.24. The summed E-state index contributed by atoms with van der Waals surface area (Å²) < 4.78 is 17.1. The lowest BCUT2D eigenvalue weighted by Gasteiger charge is -2.54. The quantitative estimate of drug-likeness (QED) is 0.437. The maximum absolute atomic E-state index is 12.4. The molecule has 2 saturated carbocycles. The molecule has 6 unspecified atom stereocenters. The zero-order chi connectivity index (χ0) is 19.1. The molecule has 26 heavy (non-hydrogen) atoms. The highest BCUT2D eigenvalue weighted by atomic mass is 16.7.